The van der Waals surface area contributed by atoms with Crippen molar-refractivity contribution in [2.75, 3.05) is 13.2 Å². The lowest BCUT2D eigenvalue weighted by molar-refractivity contribution is 0.282. The Morgan fingerprint density at radius 1 is 1.18 bits per heavy atom. The third kappa shape index (κ3) is 6.02. The van der Waals surface area contributed by atoms with Crippen molar-refractivity contribution in [3.8, 4) is 5.88 Å². The van der Waals surface area contributed by atoms with Crippen molar-refractivity contribution >= 4 is 26.0 Å². The number of rotatable bonds is 9. The number of hydrogen-bond donors (Lipinski definition) is 2. The lowest BCUT2D eigenvalue weighted by Crippen LogP contribution is -2.27. The number of nitrogens with zero attached hydrogens (tertiary/aromatic N) is 2. The molecule has 0 bridgehead atoms. The summed E-state index contributed by atoms with van der Waals surface area (Å²) in [4.78, 5) is 17.1. The van der Waals surface area contributed by atoms with Gasteiger partial charge in [-0.1, -0.05) is 12.1 Å². The Bertz CT molecular complexity index is 1310. The number of halogens is 3. The van der Waals surface area contributed by atoms with Crippen LogP contribution in [0.1, 0.15) is 17.0 Å². The molecule has 0 fully saturated rings. The molecule has 0 saturated heterocycles. The van der Waals surface area contributed by atoms with Gasteiger partial charge in [-0.25, -0.2) is 21.9 Å². The molecule has 176 valence electrons. The summed E-state index contributed by atoms with van der Waals surface area (Å²) < 4.78 is 60.2. The van der Waals surface area contributed by atoms with Gasteiger partial charge in [0.25, 0.3) is 5.56 Å². The van der Waals surface area contributed by atoms with Crippen molar-refractivity contribution in [2.24, 2.45) is 0 Å². The summed E-state index contributed by atoms with van der Waals surface area (Å²) in [5.74, 6) is -1.19. The Labute approximate surface area is 197 Å². The fourth-order valence-corrected chi connectivity index (χ4v) is 4.34. The van der Waals surface area contributed by atoms with Gasteiger partial charge in [0.2, 0.25) is 15.9 Å². The second-order valence-electron chi connectivity index (χ2n) is 6.96. The summed E-state index contributed by atoms with van der Waals surface area (Å²) in [5.41, 5.74) is 0.311. The monoisotopic (exact) mass is 543 g/mol. The van der Waals surface area contributed by atoms with E-state index < -0.39 is 27.2 Å². The van der Waals surface area contributed by atoms with Crippen LogP contribution in [0.2, 0.25) is 0 Å². The molecule has 3 aromatic rings. The van der Waals surface area contributed by atoms with E-state index in [1.165, 1.54) is 22.8 Å². The molecule has 0 radical (unpaired) electrons. The molecular formula is C21H20BrF2N3O5S. The fraction of sp³-hybridized carbons (Fsp3) is 0.238. The van der Waals surface area contributed by atoms with Gasteiger partial charge in [-0.05, 0) is 52.7 Å². The van der Waals surface area contributed by atoms with Gasteiger partial charge >= 0.3 is 0 Å². The van der Waals surface area contributed by atoms with E-state index in [1.54, 1.807) is 19.1 Å². The standard InChI is InChI=1S/C21H20BrF2N3O5S/c1-13-26-20(32-12-15-4-5-16(23)10-18(15)24)19(22)21(29)27(13)11-14-2-6-17(7-3-14)33(30,31)25-8-9-28/h2-7,10,25,28H,8-9,11-12H2,1H3. The molecule has 12 heteroatoms. The first-order chi connectivity index (χ1) is 15.6. The fourth-order valence-electron chi connectivity index (χ4n) is 2.90. The van der Waals surface area contributed by atoms with E-state index in [0.717, 1.165) is 12.1 Å². The Morgan fingerprint density at radius 2 is 1.88 bits per heavy atom. The smallest absolute Gasteiger partial charge is 0.272 e. The van der Waals surface area contributed by atoms with Gasteiger partial charge in [0.15, 0.2) is 0 Å². The van der Waals surface area contributed by atoms with Crippen molar-refractivity contribution in [1.29, 1.82) is 0 Å². The number of ether oxygens (including phenoxy) is 1. The first-order valence-corrected chi connectivity index (χ1v) is 11.9. The number of aromatic nitrogens is 2. The first kappa shape index (κ1) is 25.0. The summed E-state index contributed by atoms with van der Waals surface area (Å²) in [7, 11) is -3.74. The number of benzene rings is 2. The van der Waals surface area contributed by atoms with Gasteiger partial charge in [-0.15, -0.1) is 0 Å². The minimum absolute atomic E-state index is 0.0276. The zero-order valence-corrected chi connectivity index (χ0v) is 19.8. The molecule has 33 heavy (non-hydrogen) atoms. The van der Waals surface area contributed by atoms with Crippen LogP contribution in [0.5, 0.6) is 5.88 Å². The van der Waals surface area contributed by atoms with Crippen LogP contribution in [0.3, 0.4) is 0 Å². The van der Waals surface area contributed by atoms with Crippen LogP contribution in [0.15, 0.2) is 56.6 Å². The molecule has 1 aromatic heterocycles. The Hall–Kier alpha value is -2.67. The van der Waals surface area contributed by atoms with Crippen molar-refractivity contribution < 1.29 is 27.0 Å². The highest BCUT2D eigenvalue weighted by atomic mass is 79.9. The van der Waals surface area contributed by atoms with Gasteiger partial charge in [-0.3, -0.25) is 9.36 Å². The van der Waals surface area contributed by atoms with E-state index in [-0.39, 0.29) is 47.1 Å². The third-order valence-corrected chi connectivity index (χ3v) is 6.79. The highest BCUT2D eigenvalue weighted by molar-refractivity contribution is 9.10. The summed E-state index contributed by atoms with van der Waals surface area (Å²) in [5, 5.41) is 8.78. The third-order valence-electron chi connectivity index (χ3n) is 4.63. The lowest BCUT2D eigenvalue weighted by Gasteiger charge is -2.14. The number of aliphatic hydroxyl groups excluding tert-OH is 1. The van der Waals surface area contributed by atoms with E-state index in [2.05, 4.69) is 25.6 Å². The van der Waals surface area contributed by atoms with Gasteiger partial charge < -0.3 is 9.84 Å². The molecule has 0 aliphatic heterocycles. The molecule has 0 saturated carbocycles. The Balaban J connectivity index is 1.78. The SMILES string of the molecule is Cc1nc(OCc2ccc(F)cc2F)c(Br)c(=O)n1Cc1ccc(S(=O)(=O)NCCO)cc1. The molecule has 2 aromatic carbocycles. The summed E-state index contributed by atoms with van der Waals surface area (Å²) >= 11 is 3.16. The maximum Gasteiger partial charge on any atom is 0.272 e. The van der Waals surface area contributed by atoms with Crippen LogP contribution in [0.25, 0.3) is 0 Å². The number of aliphatic hydroxyl groups is 1. The largest absolute Gasteiger partial charge is 0.472 e. The van der Waals surface area contributed by atoms with Crippen molar-refractivity contribution in [3.63, 3.8) is 0 Å². The van der Waals surface area contributed by atoms with E-state index in [9.17, 15) is 22.0 Å². The zero-order valence-electron chi connectivity index (χ0n) is 17.4. The number of sulfonamides is 1. The second kappa shape index (κ2) is 10.5. The molecule has 2 N–H and O–H groups in total. The van der Waals surface area contributed by atoms with E-state index >= 15 is 0 Å². The van der Waals surface area contributed by atoms with Crippen LogP contribution in [-0.4, -0.2) is 36.2 Å². The maximum atomic E-state index is 13.8. The molecule has 8 nitrogen and oxygen atoms in total. The van der Waals surface area contributed by atoms with Crippen LogP contribution in [0, 0.1) is 18.6 Å². The van der Waals surface area contributed by atoms with E-state index in [0.29, 0.717) is 11.4 Å². The first-order valence-electron chi connectivity index (χ1n) is 9.65. The maximum absolute atomic E-state index is 13.8. The molecule has 0 spiro atoms. The van der Waals surface area contributed by atoms with Crippen LogP contribution < -0.4 is 15.0 Å². The minimum Gasteiger partial charge on any atom is -0.472 e. The van der Waals surface area contributed by atoms with Crippen molar-refractivity contribution in [1.82, 2.24) is 14.3 Å². The zero-order chi connectivity index (χ0) is 24.2. The van der Waals surface area contributed by atoms with Gasteiger partial charge in [0.1, 0.15) is 28.5 Å². The van der Waals surface area contributed by atoms with Gasteiger partial charge in [-0.2, -0.15) is 4.98 Å². The Kier molecular flexibility index (Phi) is 7.95. The number of nitrogens with one attached hydrogen (secondary N) is 1. The topological polar surface area (TPSA) is 111 Å². The van der Waals surface area contributed by atoms with Crippen LogP contribution in [-0.2, 0) is 23.2 Å². The normalized spacial score (nSPS) is 11.5. The van der Waals surface area contributed by atoms with Gasteiger partial charge in [0.05, 0.1) is 18.0 Å². The molecule has 3 rings (SSSR count). The van der Waals surface area contributed by atoms with Crippen LogP contribution >= 0.6 is 15.9 Å². The molecule has 0 aliphatic rings. The average Bonchev–Trinajstić information content (AvgIpc) is 2.78. The summed E-state index contributed by atoms with van der Waals surface area (Å²) in [6.07, 6.45) is 0. The molecule has 0 amide bonds. The predicted octanol–water partition coefficient (Wildman–Crippen LogP) is 2.49. The van der Waals surface area contributed by atoms with E-state index in [1.807, 2.05) is 0 Å². The molecular weight excluding hydrogens is 524 g/mol. The number of hydrogen-bond acceptors (Lipinski definition) is 6. The molecule has 0 atom stereocenters. The second-order valence-corrected chi connectivity index (χ2v) is 9.52. The molecule has 1 heterocycles. The van der Waals surface area contributed by atoms with Crippen molar-refractivity contribution in [3.05, 3.63) is 85.9 Å². The van der Waals surface area contributed by atoms with Crippen molar-refractivity contribution in [2.45, 2.75) is 25.0 Å². The molecule has 0 unspecified atom stereocenters. The minimum atomic E-state index is -3.74. The van der Waals surface area contributed by atoms with E-state index in [4.69, 9.17) is 9.84 Å². The highest BCUT2D eigenvalue weighted by Crippen LogP contribution is 2.21. The van der Waals surface area contributed by atoms with Crippen LogP contribution in [0.4, 0.5) is 8.78 Å². The highest BCUT2D eigenvalue weighted by Gasteiger charge is 2.16. The Morgan fingerprint density at radius 3 is 2.52 bits per heavy atom. The molecule has 0 aliphatic carbocycles. The quantitative estimate of drug-likeness (QED) is 0.429. The predicted molar refractivity (Wildman–Crippen MR) is 119 cm³/mol. The summed E-state index contributed by atoms with van der Waals surface area (Å²) in [6, 6.07) is 9.01. The average molecular weight is 544 g/mol. The number of aryl methyl sites for hydroxylation is 1. The summed E-state index contributed by atoms with van der Waals surface area (Å²) in [6.45, 7) is 1.05. The lowest BCUT2D eigenvalue weighted by atomic mass is 10.2. The van der Waals surface area contributed by atoms with Gasteiger partial charge in [0, 0.05) is 18.2 Å².